The first-order chi connectivity index (χ1) is 10.1. The Bertz CT molecular complexity index is 780. The van der Waals surface area contributed by atoms with Crippen LogP contribution >= 0.6 is 27.5 Å². The van der Waals surface area contributed by atoms with Crippen molar-refractivity contribution in [2.24, 2.45) is 12.9 Å². The number of nitrogens with two attached hydrogens (primary N) is 1. The lowest BCUT2D eigenvalue weighted by Gasteiger charge is -2.18. The van der Waals surface area contributed by atoms with Crippen molar-refractivity contribution in [3.05, 3.63) is 63.3 Å². The molecule has 2 aromatic carbocycles. The lowest BCUT2D eigenvalue weighted by Crippen LogP contribution is -2.30. The predicted molar refractivity (Wildman–Crippen MR) is 89.0 cm³/mol. The standard InChI is InChI=1S/C15H14BrClN4/c1-21-15(13(17)8-19-21)14(20-18)11-3-2-10-7-12(16)5-4-9(10)6-11/h2-8,14,20H,18H2,1H3. The first-order valence-corrected chi connectivity index (χ1v) is 7.60. The van der Waals surface area contributed by atoms with E-state index in [1.807, 2.05) is 19.2 Å². The van der Waals surface area contributed by atoms with Crippen molar-refractivity contribution in [1.29, 1.82) is 0 Å². The minimum Gasteiger partial charge on any atom is -0.271 e. The van der Waals surface area contributed by atoms with Crippen molar-refractivity contribution >= 4 is 38.3 Å². The predicted octanol–water partition coefficient (Wildman–Crippen LogP) is 3.54. The average molecular weight is 366 g/mol. The van der Waals surface area contributed by atoms with Gasteiger partial charge < -0.3 is 0 Å². The van der Waals surface area contributed by atoms with Crippen LogP contribution in [0.5, 0.6) is 0 Å². The van der Waals surface area contributed by atoms with Crippen LogP contribution in [0.2, 0.25) is 5.02 Å². The van der Waals surface area contributed by atoms with Crippen molar-refractivity contribution in [3.63, 3.8) is 0 Å². The van der Waals surface area contributed by atoms with Crippen LogP contribution in [0.25, 0.3) is 10.8 Å². The summed E-state index contributed by atoms with van der Waals surface area (Å²) < 4.78 is 2.80. The Labute approximate surface area is 136 Å². The van der Waals surface area contributed by atoms with Gasteiger partial charge in [0, 0.05) is 11.5 Å². The molecule has 3 rings (SSSR count). The van der Waals surface area contributed by atoms with Crippen LogP contribution in [0.3, 0.4) is 0 Å². The number of fused-ring (bicyclic) bond motifs is 1. The van der Waals surface area contributed by atoms with Crippen LogP contribution in [-0.2, 0) is 7.05 Å². The molecule has 1 unspecified atom stereocenters. The van der Waals surface area contributed by atoms with E-state index in [2.05, 4.69) is 50.7 Å². The van der Waals surface area contributed by atoms with E-state index >= 15 is 0 Å². The number of hydrogen-bond acceptors (Lipinski definition) is 3. The average Bonchev–Trinajstić information content (AvgIpc) is 2.80. The molecule has 1 atom stereocenters. The molecular weight excluding hydrogens is 352 g/mol. The quantitative estimate of drug-likeness (QED) is 0.551. The first-order valence-electron chi connectivity index (χ1n) is 6.43. The van der Waals surface area contributed by atoms with Crippen molar-refractivity contribution in [1.82, 2.24) is 15.2 Å². The fourth-order valence-corrected chi connectivity index (χ4v) is 3.15. The maximum atomic E-state index is 6.22. The maximum Gasteiger partial charge on any atom is 0.0893 e. The zero-order chi connectivity index (χ0) is 15.0. The Kier molecular flexibility index (Phi) is 3.99. The molecule has 108 valence electrons. The summed E-state index contributed by atoms with van der Waals surface area (Å²) in [5.74, 6) is 5.74. The fourth-order valence-electron chi connectivity index (χ4n) is 2.49. The third-order valence-corrected chi connectivity index (χ3v) is 4.32. The molecule has 0 bridgehead atoms. The normalized spacial score (nSPS) is 12.8. The molecule has 0 saturated heterocycles. The second-order valence-corrected chi connectivity index (χ2v) is 6.17. The third kappa shape index (κ3) is 2.70. The SMILES string of the molecule is Cn1ncc(Cl)c1C(NN)c1ccc2cc(Br)ccc2c1. The Hall–Kier alpha value is -1.40. The van der Waals surface area contributed by atoms with Crippen molar-refractivity contribution in [2.75, 3.05) is 0 Å². The second kappa shape index (κ2) is 5.77. The third-order valence-electron chi connectivity index (χ3n) is 3.54. The molecule has 0 fully saturated rings. The summed E-state index contributed by atoms with van der Waals surface area (Å²) in [7, 11) is 1.85. The monoisotopic (exact) mass is 364 g/mol. The van der Waals surface area contributed by atoms with E-state index < -0.39 is 0 Å². The van der Waals surface area contributed by atoms with E-state index in [1.54, 1.807) is 10.9 Å². The van der Waals surface area contributed by atoms with Gasteiger partial charge in [0.15, 0.2) is 0 Å². The van der Waals surface area contributed by atoms with Crippen LogP contribution in [0.15, 0.2) is 47.1 Å². The number of nitrogens with zero attached hydrogens (tertiary/aromatic N) is 2. The molecule has 1 heterocycles. The number of hydrazine groups is 1. The van der Waals surface area contributed by atoms with Gasteiger partial charge in [-0.2, -0.15) is 5.10 Å². The lowest BCUT2D eigenvalue weighted by atomic mass is 10.00. The van der Waals surface area contributed by atoms with Crippen LogP contribution in [0, 0.1) is 0 Å². The largest absolute Gasteiger partial charge is 0.271 e. The molecule has 0 amide bonds. The summed E-state index contributed by atoms with van der Waals surface area (Å²) in [5, 5.41) is 7.08. The highest BCUT2D eigenvalue weighted by molar-refractivity contribution is 9.10. The van der Waals surface area contributed by atoms with Gasteiger partial charge in [0.05, 0.1) is 23.0 Å². The Morgan fingerprint density at radius 3 is 2.62 bits per heavy atom. The van der Waals surface area contributed by atoms with E-state index in [-0.39, 0.29) is 6.04 Å². The van der Waals surface area contributed by atoms with Crippen LogP contribution < -0.4 is 11.3 Å². The number of hydrogen-bond donors (Lipinski definition) is 2. The van der Waals surface area contributed by atoms with Gasteiger partial charge in [-0.05, 0) is 34.5 Å². The van der Waals surface area contributed by atoms with Gasteiger partial charge in [0.2, 0.25) is 0 Å². The zero-order valence-electron chi connectivity index (χ0n) is 11.3. The van der Waals surface area contributed by atoms with Crippen LogP contribution in [0.4, 0.5) is 0 Å². The molecule has 0 spiro atoms. The summed E-state index contributed by atoms with van der Waals surface area (Å²) in [4.78, 5) is 0. The summed E-state index contributed by atoms with van der Waals surface area (Å²) in [6.07, 6.45) is 1.62. The Morgan fingerprint density at radius 1 is 1.24 bits per heavy atom. The van der Waals surface area contributed by atoms with E-state index in [1.165, 1.54) is 5.39 Å². The van der Waals surface area contributed by atoms with Crippen molar-refractivity contribution in [3.8, 4) is 0 Å². The maximum absolute atomic E-state index is 6.22. The van der Waals surface area contributed by atoms with Gasteiger partial charge in [0.1, 0.15) is 0 Å². The number of rotatable bonds is 3. The molecule has 1 aromatic heterocycles. The molecule has 0 saturated carbocycles. The van der Waals surface area contributed by atoms with E-state index in [4.69, 9.17) is 17.4 Å². The number of aryl methyl sites for hydroxylation is 1. The molecule has 3 aromatic rings. The molecule has 4 nitrogen and oxygen atoms in total. The van der Waals surface area contributed by atoms with Crippen molar-refractivity contribution < 1.29 is 0 Å². The van der Waals surface area contributed by atoms with Crippen LogP contribution in [0.1, 0.15) is 17.3 Å². The number of halogens is 2. The minimum atomic E-state index is -0.210. The highest BCUT2D eigenvalue weighted by Crippen LogP contribution is 2.30. The van der Waals surface area contributed by atoms with Gasteiger partial charge in [-0.1, -0.05) is 45.7 Å². The molecule has 0 aliphatic carbocycles. The van der Waals surface area contributed by atoms with Gasteiger partial charge in [-0.25, -0.2) is 5.43 Å². The second-order valence-electron chi connectivity index (χ2n) is 4.85. The Morgan fingerprint density at radius 2 is 1.95 bits per heavy atom. The molecule has 0 aliphatic heterocycles. The minimum absolute atomic E-state index is 0.210. The summed E-state index contributed by atoms with van der Waals surface area (Å²) >= 11 is 9.71. The topological polar surface area (TPSA) is 55.9 Å². The first kappa shape index (κ1) is 14.5. The highest BCUT2D eigenvalue weighted by atomic mass is 79.9. The summed E-state index contributed by atoms with van der Waals surface area (Å²) in [6.45, 7) is 0. The molecule has 6 heteroatoms. The van der Waals surface area contributed by atoms with E-state index in [0.29, 0.717) is 5.02 Å². The molecule has 0 aliphatic rings. The highest BCUT2D eigenvalue weighted by Gasteiger charge is 2.20. The Balaban J connectivity index is 2.11. The van der Waals surface area contributed by atoms with Gasteiger partial charge in [-0.3, -0.25) is 10.5 Å². The zero-order valence-corrected chi connectivity index (χ0v) is 13.7. The van der Waals surface area contributed by atoms with E-state index in [0.717, 1.165) is 21.1 Å². The van der Waals surface area contributed by atoms with Gasteiger partial charge in [0.25, 0.3) is 0 Å². The van der Waals surface area contributed by atoms with Crippen LogP contribution in [-0.4, -0.2) is 9.78 Å². The smallest absolute Gasteiger partial charge is 0.0893 e. The van der Waals surface area contributed by atoms with Crippen molar-refractivity contribution in [2.45, 2.75) is 6.04 Å². The number of benzene rings is 2. The molecule has 3 N–H and O–H groups in total. The molecular formula is C15H14BrClN4. The number of aromatic nitrogens is 2. The summed E-state index contributed by atoms with van der Waals surface area (Å²) in [5.41, 5.74) is 4.71. The van der Waals surface area contributed by atoms with Gasteiger partial charge in [-0.15, -0.1) is 0 Å². The molecule has 21 heavy (non-hydrogen) atoms. The number of nitrogens with one attached hydrogen (secondary N) is 1. The fraction of sp³-hybridized carbons (Fsp3) is 0.133. The van der Waals surface area contributed by atoms with E-state index in [9.17, 15) is 0 Å². The summed E-state index contributed by atoms with van der Waals surface area (Å²) in [6, 6.07) is 12.2. The lowest BCUT2D eigenvalue weighted by molar-refractivity contribution is 0.575. The molecule has 0 radical (unpaired) electrons. The van der Waals surface area contributed by atoms with Gasteiger partial charge >= 0.3 is 0 Å².